The van der Waals surface area contributed by atoms with E-state index in [1.807, 2.05) is 43.3 Å². The SMILES string of the molecule is Cc1cc(-c2c([O-])c3cc(-c4ccc(N(C)C)cc4)c(Cl)cc3[nH]c2=O)on1.[NH3+]CC[NH3+]. The van der Waals surface area contributed by atoms with Crippen LogP contribution in [0.4, 0.5) is 5.69 Å². The van der Waals surface area contributed by atoms with Gasteiger partial charge in [-0.05, 0) is 42.1 Å². The third kappa shape index (κ3) is 4.77. The fraction of sp³-hybridized carbons (Fsp3) is 0.217. The molecule has 0 aliphatic rings. The van der Waals surface area contributed by atoms with Gasteiger partial charge in [0.15, 0.2) is 5.76 Å². The molecule has 7 N–H and O–H groups in total. The molecule has 0 aliphatic carbocycles. The molecule has 2 aromatic carbocycles. The lowest BCUT2D eigenvalue weighted by Gasteiger charge is -2.17. The summed E-state index contributed by atoms with van der Waals surface area (Å²) in [6.45, 7) is 3.64. The quantitative estimate of drug-likeness (QED) is 0.426. The van der Waals surface area contributed by atoms with E-state index in [2.05, 4.69) is 21.6 Å². The standard InChI is InChI=1S/C21H18ClN3O3.C2H8N2/c1-11-8-18(28-24-11)19-20(26)15-9-14(16(22)10-17(15)23-21(19)27)12-4-6-13(7-5-12)25(2)3;3-1-2-4/h4-10H,1-3H3,(H2,23,26,27);1-4H2/p+1. The number of aromatic amines is 1. The Kier molecular flexibility index (Phi) is 7.19. The molecule has 168 valence electrons. The molecule has 32 heavy (non-hydrogen) atoms. The molecule has 0 radical (unpaired) electrons. The maximum absolute atomic E-state index is 13.0. The highest BCUT2D eigenvalue weighted by Crippen LogP contribution is 2.37. The van der Waals surface area contributed by atoms with Crippen LogP contribution in [0.2, 0.25) is 5.02 Å². The molecule has 0 atom stereocenters. The Morgan fingerprint density at radius 2 is 1.78 bits per heavy atom. The summed E-state index contributed by atoms with van der Waals surface area (Å²) in [5, 5.41) is 17.6. The van der Waals surface area contributed by atoms with E-state index in [1.165, 1.54) is 0 Å². The van der Waals surface area contributed by atoms with Gasteiger partial charge in [-0.15, -0.1) is 0 Å². The lowest BCUT2D eigenvalue weighted by molar-refractivity contribution is -0.453. The second-order valence-electron chi connectivity index (χ2n) is 7.52. The van der Waals surface area contributed by atoms with Crippen molar-refractivity contribution in [3.05, 3.63) is 63.5 Å². The zero-order valence-corrected chi connectivity index (χ0v) is 19.1. The molecule has 4 aromatic rings. The van der Waals surface area contributed by atoms with Gasteiger partial charge in [0, 0.05) is 36.9 Å². The molecule has 0 fully saturated rings. The largest absolute Gasteiger partial charge is 0.871 e. The number of quaternary nitrogens is 2. The van der Waals surface area contributed by atoms with Crippen LogP contribution in [0.15, 0.2) is 51.8 Å². The van der Waals surface area contributed by atoms with Crippen molar-refractivity contribution in [2.75, 3.05) is 32.1 Å². The number of nitrogens with one attached hydrogen (secondary N) is 1. The first-order valence-electron chi connectivity index (χ1n) is 10.1. The number of benzene rings is 2. The van der Waals surface area contributed by atoms with Crippen LogP contribution < -0.4 is 27.0 Å². The van der Waals surface area contributed by atoms with Crippen LogP contribution >= 0.6 is 11.6 Å². The number of hydrogen-bond acceptors (Lipinski definition) is 5. The molecule has 0 amide bonds. The molecule has 9 heteroatoms. The first kappa shape index (κ1) is 23.3. The number of nitrogens with zero attached hydrogens (tertiary/aromatic N) is 2. The zero-order chi connectivity index (χ0) is 23.4. The van der Waals surface area contributed by atoms with Crippen LogP contribution in [-0.4, -0.2) is 37.3 Å². The Labute approximate surface area is 190 Å². The van der Waals surface area contributed by atoms with E-state index >= 15 is 0 Å². The summed E-state index contributed by atoms with van der Waals surface area (Å²) >= 11 is 6.44. The fourth-order valence-corrected chi connectivity index (χ4v) is 3.43. The van der Waals surface area contributed by atoms with Crippen molar-refractivity contribution in [2.45, 2.75) is 6.92 Å². The number of aromatic nitrogens is 2. The number of aryl methyl sites for hydroxylation is 1. The Morgan fingerprint density at radius 3 is 2.31 bits per heavy atom. The summed E-state index contributed by atoms with van der Waals surface area (Å²) < 4.78 is 5.13. The molecule has 0 saturated heterocycles. The average molecular weight is 457 g/mol. The van der Waals surface area contributed by atoms with E-state index in [-0.39, 0.29) is 11.3 Å². The predicted molar refractivity (Wildman–Crippen MR) is 125 cm³/mol. The fourth-order valence-electron chi connectivity index (χ4n) is 3.15. The molecule has 4 rings (SSSR count). The number of anilines is 1. The highest BCUT2D eigenvalue weighted by molar-refractivity contribution is 6.34. The summed E-state index contributed by atoms with van der Waals surface area (Å²) in [6.07, 6.45) is 0. The lowest BCUT2D eigenvalue weighted by atomic mass is 10.0. The van der Waals surface area contributed by atoms with Crippen molar-refractivity contribution in [2.24, 2.45) is 0 Å². The molecule has 8 nitrogen and oxygen atoms in total. The maximum atomic E-state index is 13.0. The highest BCUT2D eigenvalue weighted by Gasteiger charge is 2.15. The van der Waals surface area contributed by atoms with Crippen LogP contribution in [-0.2, 0) is 0 Å². The van der Waals surface area contributed by atoms with Gasteiger partial charge in [0.2, 0.25) is 0 Å². The number of H-pyrrole nitrogens is 1. The molecule has 2 aromatic heterocycles. The third-order valence-electron chi connectivity index (χ3n) is 4.87. The van der Waals surface area contributed by atoms with E-state index in [0.717, 1.165) is 24.3 Å². The van der Waals surface area contributed by atoms with Crippen molar-refractivity contribution in [3.63, 3.8) is 0 Å². The Hall–Kier alpha value is -3.33. The summed E-state index contributed by atoms with van der Waals surface area (Å²) in [6, 6.07) is 12.7. The van der Waals surface area contributed by atoms with Gasteiger partial charge in [-0.1, -0.05) is 34.6 Å². The van der Waals surface area contributed by atoms with Crippen molar-refractivity contribution >= 4 is 28.2 Å². The molecule has 0 spiro atoms. The summed E-state index contributed by atoms with van der Waals surface area (Å²) in [5.74, 6) is -0.268. The molecule has 0 aliphatic heterocycles. The van der Waals surface area contributed by atoms with E-state index < -0.39 is 11.3 Å². The van der Waals surface area contributed by atoms with Crippen molar-refractivity contribution in [1.82, 2.24) is 10.1 Å². The topological polar surface area (TPSA) is 140 Å². The first-order chi connectivity index (χ1) is 15.3. The summed E-state index contributed by atoms with van der Waals surface area (Å²) in [4.78, 5) is 17.2. The van der Waals surface area contributed by atoms with Crippen molar-refractivity contribution in [1.29, 1.82) is 0 Å². The lowest BCUT2D eigenvalue weighted by Crippen LogP contribution is -2.64. The molecule has 0 bridgehead atoms. The maximum Gasteiger partial charge on any atom is 0.258 e. The number of rotatable bonds is 4. The minimum atomic E-state index is -0.534. The number of halogens is 1. The minimum absolute atomic E-state index is 0.0654. The van der Waals surface area contributed by atoms with Crippen LogP contribution in [0.25, 0.3) is 33.4 Å². The zero-order valence-electron chi connectivity index (χ0n) is 18.4. The van der Waals surface area contributed by atoms with Crippen molar-refractivity contribution < 1.29 is 21.1 Å². The monoisotopic (exact) mass is 456 g/mol. The molecule has 0 unspecified atom stereocenters. The van der Waals surface area contributed by atoms with Gasteiger partial charge in [-0.3, -0.25) is 4.79 Å². The number of fused-ring (bicyclic) bond motifs is 1. The molecular formula is C23H27ClN5O3+. The van der Waals surface area contributed by atoms with Gasteiger partial charge in [0.25, 0.3) is 5.56 Å². The van der Waals surface area contributed by atoms with Crippen LogP contribution in [0.3, 0.4) is 0 Å². The minimum Gasteiger partial charge on any atom is -0.871 e. The van der Waals surface area contributed by atoms with Gasteiger partial charge in [0.05, 0.1) is 16.3 Å². The van der Waals surface area contributed by atoms with E-state index in [1.54, 1.807) is 25.1 Å². The number of pyridine rings is 1. The van der Waals surface area contributed by atoms with Gasteiger partial charge in [-0.2, -0.15) is 0 Å². The molecule has 2 heterocycles. The highest BCUT2D eigenvalue weighted by atomic mass is 35.5. The summed E-state index contributed by atoms with van der Waals surface area (Å²) in [7, 11) is 3.93. The second kappa shape index (κ2) is 9.86. The Balaban J connectivity index is 0.000000668. The van der Waals surface area contributed by atoms with E-state index in [9.17, 15) is 9.90 Å². The van der Waals surface area contributed by atoms with E-state index in [0.29, 0.717) is 27.2 Å². The van der Waals surface area contributed by atoms with Gasteiger partial charge in [-0.25, -0.2) is 0 Å². The number of hydrogen-bond donors (Lipinski definition) is 3. The van der Waals surface area contributed by atoms with Crippen LogP contribution in [0, 0.1) is 6.92 Å². The van der Waals surface area contributed by atoms with Crippen LogP contribution in [0.1, 0.15) is 5.69 Å². The van der Waals surface area contributed by atoms with Gasteiger partial charge in [0.1, 0.15) is 13.1 Å². The van der Waals surface area contributed by atoms with Crippen molar-refractivity contribution in [3.8, 4) is 28.2 Å². The van der Waals surface area contributed by atoms with E-state index in [4.69, 9.17) is 16.1 Å². The average Bonchev–Trinajstić information content (AvgIpc) is 3.19. The smallest absolute Gasteiger partial charge is 0.258 e. The Bertz CT molecular complexity index is 1280. The molecular weight excluding hydrogens is 430 g/mol. The second-order valence-corrected chi connectivity index (χ2v) is 7.92. The molecule has 0 saturated carbocycles. The van der Waals surface area contributed by atoms with Crippen LogP contribution in [0.5, 0.6) is 5.75 Å². The Morgan fingerprint density at radius 1 is 1.12 bits per heavy atom. The first-order valence-corrected chi connectivity index (χ1v) is 10.5. The normalized spacial score (nSPS) is 10.7. The van der Waals surface area contributed by atoms with Gasteiger partial charge >= 0.3 is 0 Å². The van der Waals surface area contributed by atoms with Gasteiger partial charge < -0.3 is 31.0 Å². The summed E-state index contributed by atoms with van der Waals surface area (Å²) in [5.41, 5.74) is 10.1. The predicted octanol–water partition coefficient (Wildman–Crippen LogP) is 1.42. The third-order valence-corrected chi connectivity index (χ3v) is 5.19.